The van der Waals surface area contributed by atoms with Crippen LogP contribution in [-0.2, 0) is 18.3 Å². The van der Waals surface area contributed by atoms with Crippen molar-refractivity contribution in [3.05, 3.63) is 53.3 Å². The molecular weight excluding hydrogens is 366 g/mol. The normalized spacial score (nSPS) is 11.2. The number of hydrogen-bond acceptors (Lipinski definition) is 5. The lowest BCUT2D eigenvalue weighted by molar-refractivity contribution is -0.116. The molecule has 0 aliphatic carbocycles. The number of aryl methyl sites for hydroxylation is 3. The van der Waals surface area contributed by atoms with Gasteiger partial charge in [-0.1, -0.05) is 6.07 Å². The molecule has 0 unspecified atom stereocenters. The number of amides is 1. The summed E-state index contributed by atoms with van der Waals surface area (Å²) in [5.41, 5.74) is 5.43. The third-order valence-electron chi connectivity index (χ3n) is 5.24. The summed E-state index contributed by atoms with van der Waals surface area (Å²) >= 11 is 0. The summed E-state index contributed by atoms with van der Waals surface area (Å²) in [6.07, 6.45) is 2.69. The molecule has 3 aromatic heterocycles. The van der Waals surface area contributed by atoms with Crippen LogP contribution in [0.25, 0.3) is 21.9 Å². The van der Waals surface area contributed by atoms with Gasteiger partial charge in [0, 0.05) is 30.7 Å². The maximum atomic E-state index is 12.6. The zero-order valence-corrected chi connectivity index (χ0v) is 17.0. The van der Waals surface area contributed by atoms with Crippen molar-refractivity contribution < 1.29 is 9.53 Å². The zero-order valence-electron chi connectivity index (χ0n) is 17.0. The van der Waals surface area contributed by atoms with Gasteiger partial charge < -0.3 is 10.1 Å². The number of rotatable bonds is 5. The van der Waals surface area contributed by atoms with Crippen molar-refractivity contribution in [2.75, 3.05) is 12.4 Å². The lowest BCUT2D eigenvalue weighted by Crippen LogP contribution is -2.13. The molecule has 1 N–H and O–H groups in total. The van der Waals surface area contributed by atoms with E-state index in [1.807, 2.05) is 51.2 Å². The molecule has 0 saturated heterocycles. The Balaban J connectivity index is 1.57. The predicted octanol–water partition coefficient (Wildman–Crippen LogP) is 3.71. The van der Waals surface area contributed by atoms with Gasteiger partial charge in [-0.2, -0.15) is 0 Å². The average Bonchev–Trinajstić information content (AvgIpc) is 3.04. The molecule has 0 aliphatic heterocycles. The van der Waals surface area contributed by atoms with Crippen molar-refractivity contribution in [3.8, 4) is 5.88 Å². The first-order chi connectivity index (χ1) is 14.0. The highest BCUT2D eigenvalue weighted by atomic mass is 16.5. The van der Waals surface area contributed by atoms with Crippen LogP contribution in [0.3, 0.4) is 0 Å². The van der Waals surface area contributed by atoms with Gasteiger partial charge in [-0.15, -0.1) is 5.10 Å². The molecule has 7 heteroatoms. The summed E-state index contributed by atoms with van der Waals surface area (Å²) in [5.74, 6) is 0.514. The number of carbonyl (C=O) groups excluding carboxylic acids is 1. The molecule has 4 rings (SSSR count). The summed E-state index contributed by atoms with van der Waals surface area (Å²) in [6.45, 7) is 4.00. The van der Waals surface area contributed by atoms with Crippen LogP contribution >= 0.6 is 0 Å². The molecule has 148 valence electrons. The standard InChI is InChI=1S/C22H23N5O2/c1-13-15(14(2)24-21-20(13)22(29-4)26-27(21)3)10-11-19(28)25-18-9-5-8-17-16(18)7-6-12-23-17/h5-9,12H,10-11H2,1-4H3,(H,25,28). The first kappa shape index (κ1) is 18.9. The molecule has 0 bridgehead atoms. The van der Waals surface area contributed by atoms with E-state index in [1.54, 1.807) is 18.0 Å². The minimum absolute atomic E-state index is 0.0431. The van der Waals surface area contributed by atoms with E-state index in [0.717, 1.165) is 44.4 Å². The summed E-state index contributed by atoms with van der Waals surface area (Å²) < 4.78 is 7.13. The smallest absolute Gasteiger partial charge is 0.242 e. The van der Waals surface area contributed by atoms with E-state index < -0.39 is 0 Å². The Labute approximate surface area is 168 Å². The second kappa shape index (κ2) is 7.50. The number of benzene rings is 1. The predicted molar refractivity (Wildman–Crippen MR) is 113 cm³/mol. The molecule has 4 aromatic rings. The Hall–Kier alpha value is -3.48. The number of fused-ring (bicyclic) bond motifs is 2. The zero-order chi connectivity index (χ0) is 20.5. The molecular formula is C22H23N5O2. The van der Waals surface area contributed by atoms with Gasteiger partial charge in [0.15, 0.2) is 5.65 Å². The fraction of sp³-hybridized carbons (Fsp3) is 0.273. The van der Waals surface area contributed by atoms with E-state index in [9.17, 15) is 4.79 Å². The van der Waals surface area contributed by atoms with Crippen molar-refractivity contribution in [2.45, 2.75) is 26.7 Å². The van der Waals surface area contributed by atoms with Crippen LogP contribution < -0.4 is 10.1 Å². The first-order valence-corrected chi connectivity index (χ1v) is 9.50. The van der Waals surface area contributed by atoms with E-state index in [1.165, 1.54) is 0 Å². The number of aromatic nitrogens is 4. The van der Waals surface area contributed by atoms with Crippen LogP contribution in [0.2, 0.25) is 0 Å². The average molecular weight is 389 g/mol. The number of pyridine rings is 2. The molecule has 0 spiro atoms. The molecule has 3 heterocycles. The first-order valence-electron chi connectivity index (χ1n) is 9.50. The van der Waals surface area contributed by atoms with Crippen molar-refractivity contribution >= 4 is 33.5 Å². The molecule has 1 aromatic carbocycles. The molecule has 29 heavy (non-hydrogen) atoms. The van der Waals surface area contributed by atoms with Crippen molar-refractivity contribution in [3.63, 3.8) is 0 Å². The highest BCUT2D eigenvalue weighted by molar-refractivity contribution is 6.01. The van der Waals surface area contributed by atoms with Gasteiger partial charge >= 0.3 is 0 Å². The molecule has 7 nitrogen and oxygen atoms in total. The van der Waals surface area contributed by atoms with Crippen molar-refractivity contribution in [1.82, 2.24) is 19.7 Å². The summed E-state index contributed by atoms with van der Waals surface area (Å²) in [6, 6.07) is 9.55. The summed E-state index contributed by atoms with van der Waals surface area (Å²) in [5, 5.41) is 9.22. The maximum absolute atomic E-state index is 12.6. The number of carbonyl (C=O) groups is 1. The SMILES string of the molecule is COc1nn(C)c2nc(C)c(CCC(=O)Nc3cccc4ncccc34)c(C)c12. The maximum Gasteiger partial charge on any atom is 0.242 e. The van der Waals surface area contributed by atoms with Gasteiger partial charge in [-0.05, 0) is 55.7 Å². The lowest BCUT2D eigenvalue weighted by atomic mass is 10.00. The molecule has 1 amide bonds. The van der Waals surface area contributed by atoms with E-state index >= 15 is 0 Å². The Morgan fingerprint density at radius 2 is 2.03 bits per heavy atom. The van der Waals surface area contributed by atoms with Gasteiger partial charge in [-0.3, -0.25) is 9.78 Å². The second-order valence-electron chi connectivity index (χ2n) is 7.06. The summed E-state index contributed by atoms with van der Waals surface area (Å²) in [4.78, 5) is 21.7. The number of anilines is 1. The minimum Gasteiger partial charge on any atom is -0.479 e. The van der Waals surface area contributed by atoms with Crippen LogP contribution in [0, 0.1) is 13.8 Å². The van der Waals surface area contributed by atoms with Crippen molar-refractivity contribution in [2.24, 2.45) is 7.05 Å². The van der Waals surface area contributed by atoms with Crippen LogP contribution in [-0.4, -0.2) is 32.8 Å². The van der Waals surface area contributed by atoms with Gasteiger partial charge in [0.05, 0.1) is 23.7 Å². The van der Waals surface area contributed by atoms with E-state index in [4.69, 9.17) is 4.74 Å². The Morgan fingerprint density at radius 1 is 1.21 bits per heavy atom. The van der Waals surface area contributed by atoms with Crippen molar-refractivity contribution in [1.29, 1.82) is 0 Å². The topological polar surface area (TPSA) is 81.9 Å². The third kappa shape index (κ3) is 3.40. The number of ether oxygens (including phenoxy) is 1. The lowest BCUT2D eigenvalue weighted by Gasteiger charge is -2.12. The van der Waals surface area contributed by atoms with Crippen LogP contribution in [0.4, 0.5) is 5.69 Å². The van der Waals surface area contributed by atoms with Gasteiger partial charge in [0.2, 0.25) is 11.8 Å². The molecule has 0 atom stereocenters. The number of nitrogens with one attached hydrogen (secondary N) is 1. The minimum atomic E-state index is -0.0431. The molecule has 0 fully saturated rings. The number of hydrogen-bond donors (Lipinski definition) is 1. The van der Waals surface area contributed by atoms with Gasteiger partial charge in [-0.25, -0.2) is 9.67 Å². The fourth-order valence-electron chi connectivity index (χ4n) is 3.77. The molecule has 0 saturated carbocycles. The summed E-state index contributed by atoms with van der Waals surface area (Å²) in [7, 11) is 3.45. The second-order valence-corrected chi connectivity index (χ2v) is 7.06. The van der Waals surface area contributed by atoms with Crippen LogP contribution in [0.1, 0.15) is 23.2 Å². The van der Waals surface area contributed by atoms with Gasteiger partial charge in [0.1, 0.15) is 0 Å². The number of nitrogens with zero attached hydrogens (tertiary/aromatic N) is 4. The Morgan fingerprint density at radius 3 is 2.83 bits per heavy atom. The van der Waals surface area contributed by atoms with Gasteiger partial charge in [0.25, 0.3) is 0 Å². The molecule has 0 aliphatic rings. The highest BCUT2D eigenvalue weighted by Crippen LogP contribution is 2.30. The van der Waals surface area contributed by atoms with E-state index in [-0.39, 0.29) is 5.91 Å². The largest absolute Gasteiger partial charge is 0.479 e. The highest BCUT2D eigenvalue weighted by Gasteiger charge is 2.18. The molecule has 0 radical (unpaired) electrons. The van der Waals surface area contributed by atoms with Crippen LogP contribution in [0.15, 0.2) is 36.5 Å². The van der Waals surface area contributed by atoms with E-state index in [2.05, 4.69) is 20.4 Å². The third-order valence-corrected chi connectivity index (χ3v) is 5.24. The quantitative estimate of drug-likeness (QED) is 0.563. The Kier molecular flexibility index (Phi) is 4.88. The monoisotopic (exact) mass is 389 g/mol. The number of methoxy groups -OCH3 is 1. The van der Waals surface area contributed by atoms with E-state index in [0.29, 0.717) is 18.7 Å². The van der Waals surface area contributed by atoms with Crippen LogP contribution in [0.5, 0.6) is 5.88 Å². The Bertz CT molecular complexity index is 1220. The fourth-order valence-corrected chi connectivity index (χ4v) is 3.77.